The standard InChI is InChI=1S/C9H12FNO/c10-9(8(12)6-11)7-4-2-1-3-5-7/h1-5,8-9,12H,6,11H2. The van der Waals surface area contributed by atoms with Crippen LogP contribution in [0.2, 0.25) is 0 Å². The maximum Gasteiger partial charge on any atom is 0.152 e. The Kier molecular flexibility index (Phi) is 3.19. The summed E-state index contributed by atoms with van der Waals surface area (Å²) in [7, 11) is 0. The van der Waals surface area contributed by atoms with Crippen LogP contribution in [0.3, 0.4) is 0 Å². The van der Waals surface area contributed by atoms with E-state index < -0.39 is 12.3 Å². The van der Waals surface area contributed by atoms with Crippen LogP contribution in [-0.2, 0) is 0 Å². The molecule has 1 rings (SSSR count). The van der Waals surface area contributed by atoms with E-state index >= 15 is 0 Å². The Morgan fingerprint density at radius 3 is 2.42 bits per heavy atom. The molecule has 2 unspecified atom stereocenters. The normalized spacial score (nSPS) is 15.6. The minimum Gasteiger partial charge on any atom is -0.388 e. The van der Waals surface area contributed by atoms with E-state index in [1.54, 1.807) is 30.3 Å². The lowest BCUT2D eigenvalue weighted by atomic mass is 10.1. The minimum absolute atomic E-state index is 0.0595. The molecule has 0 aliphatic carbocycles. The first-order chi connectivity index (χ1) is 5.75. The van der Waals surface area contributed by atoms with E-state index in [1.165, 1.54) is 0 Å². The maximum atomic E-state index is 13.2. The highest BCUT2D eigenvalue weighted by Crippen LogP contribution is 2.19. The Bertz CT molecular complexity index is 227. The molecule has 2 nitrogen and oxygen atoms in total. The van der Waals surface area contributed by atoms with Crippen LogP contribution in [0.5, 0.6) is 0 Å². The number of benzene rings is 1. The quantitative estimate of drug-likeness (QED) is 0.709. The highest BCUT2D eigenvalue weighted by atomic mass is 19.1. The molecule has 66 valence electrons. The van der Waals surface area contributed by atoms with Crippen molar-refractivity contribution in [2.45, 2.75) is 12.3 Å². The van der Waals surface area contributed by atoms with Crippen molar-refractivity contribution >= 4 is 0 Å². The third-order valence-electron chi connectivity index (χ3n) is 1.70. The third-order valence-corrected chi connectivity index (χ3v) is 1.70. The summed E-state index contributed by atoms with van der Waals surface area (Å²) in [5, 5.41) is 9.08. The van der Waals surface area contributed by atoms with Gasteiger partial charge in [0.25, 0.3) is 0 Å². The Balaban J connectivity index is 2.71. The number of halogens is 1. The SMILES string of the molecule is NCC(O)C(F)c1ccccc1. The van der Waals surface area contributed by atoms with Gasteiger partial charge in [-0.15, -0.1) is 0 Å². The summed E-state index contributed by atoms with van der Waals surface area (Å²) in [6, 6.07) is 8.51. The average molecular weight is 169 g/mol. The van der Waals surface area contributed by atoms with Crippen LogP contribution < -0.4 is 5.73 Å². The van der Waals surface area contributed by atoms with Crippen LogP contribution in [0, 0.1) is 0 Å². The van der Waals surface area contributed by atoms with E-state index in [0.717, 1.165) is 0 Å². The predicted molar refractivity (Wildman–Crippen MR) is 45.4 cm³/mol. The fraction of sp³-hybridized carbons (Fsp3) is 0.333. The van der Waals surface area contributed by atoms with Gasteiger partial charge < -0.3 is 10.8 Å². The van der Waals surface area contributed by atoms with E-state index in [9.17, 15) is 4.39 Å². The first-order valence-corrected chi connectivity index (χ1v) is 3.83. The third kappa shape index (κ3) is 2.03. The molecule has 3 heteroatoms. The van der Waals surface area contributed by atoms with Crippen molar-refractivity contribution in [2.24, 2.45) is 5.73 Å². The molecule has 0 bridgehead atoms. The summed E-state index contributed by atoms with van der Waals surface area (Å²) in [4.78, 5) is 0. The topological polar surface area (TPSA) is 46.2 Å². The molecule has 0 saturated carbocycles. The molecule has 0 radical (unpaired) electrons. The Labute approximate surface area is 70.8 Å². The highest BCUT2D eigenvalue weighted by molar-refractivity contribution is 5.18. The van der Waals surface area contributed by atoms with E-state index in [2.05, 4.69) is 0 Å². The van der Waals surface area contributed by atoms with Gasteiger partial charge in [0.05, 0.1) is 0 Å². The average Bonchev–Trinajstić information content (AvgIpc) is 2.17. The first-order valence-electron chi connectivity index (χ1n) is 3.83. The molecule has 0 aliphatic rings. The molecule has 0 aliphatic heterocycles. The number of hydrogen-bond acceptors (Lipinski definition) is 2. The number of nitrogens with two attached hydrogens (primary N) is 1. The van der Waals surface area contributed by atoms with Crippen LogP contribution in [0.4, 0.5) is 4.39 Å². The second-order valence-electron chi connectivity index (χ2n) is 2.62. The van der Waals surface area contributed by atoms with Crippen molar-refractivity contribution in [3.8, 4) is 0 Å². The summed E-state index contributed by atoms with van der Waals surface area (Å²) < 4.78 is 13.2. The van der Waals surface area contributed by atoms with Crippen LogP contribution >= 0.6 is 0 Å². The molecule has 0 fully saturated rings. The molecule has 12 heavy (non-hydrogen) atoms. The van der Waals surface area contributed by atoms with Gasteiger partial charge in [-0.3, -0.25) is 0 Å². The zero-order valence-electron chi connectivity index (χ0n) is 6.65. The van der Waals surface area contributed by atoms with Crippen LogP contribution in [0.15, 0.2) is 30.3 Å². The molecule has 3 N–H and O–H groups in total. The van der Waals surface area contributed by atoms with Gasteiger partial charge in [0, 0.05) is 6.54 Å². The molecular formula is C9H12FNO. The molecule has 0 heterocycles. The minimum atomic E-state index is -1.38. The lowest BCUT2D eigenvalue weighted by Crippen LogP contribution is -2.24. The predicted octanol–water partition coefficient (Wildman–Crippen LogP) is 1.02. The van der Waals surface area contributed by atoms with Crippen molar-refractivity contribution in [1.82, 2.24) is 0 Å². The van der Waals surface area contributed by atoms with Crippen molar-refractivity contribution in [3.05, 3.63) is 35.9 Å². The summed E-state index contributed by atoms with van der Waals surface area (Å²) in [6.07, 6.45) is -2.48. The molecular weight excluding hydrogens is 157 g/mol. The summed E-state index contributed by atoms with van der Waals surface area (Å²) in [5.41, 5.74) is 5.59. The molecule has 0 saturated heterocycles. The van der Waals surface area contributed by atoms with E-state index in [-0.39, 0.29) is 6.54 Å². The van der Waals surface area contributed by atoms with Gasteiger partial charge in [0.15, 0.2) is 6.17 Å². The summed E-state index contributed by atoms with van der Waals surface area (Å²) >= 11 is 0. The zero-order chi connectivity index (χ0) is 8.97. The number of hydrogen-bond donors (Lipinski definition) is 2. The Morgan fingerprint density at radius 1 is 1.33 bits per heavy atom. The maximum absolute atomic E-state index is 13.2. The van der Waals surface area contributed by atoms with Crippen LogP contribution in [0.1, 0.15) is 11.7 Å². The fourth-order valence-electron chi connectivity index (χ4n) is 0.979. The van der Waals surface area contributed by atoms with E-state index in [4.69, 9.17) is 10.8 Å². The van der Waals surface area contributed by atoms with Crippen molar-refractivity contribution in [1.29, 1.82) is 0 Å². The van der Waals surface area contributed by atoms with E-state index in [0.29, 0.717) is 5.56 Å². The Morgan fingerprint density at radius 2 is 1.92 bits per heavy atom. The van der Waals surface area contributed by atoms with Crippen LogP contribution in [-0.4, -0.2) is 17.8 Å². The van der Waals surface area contributed by atoms with Gasteiger partial charge >= 0.3 is 0 Å². The number of aliphatic hydroxyl groups excluding tert-OH is 1. The lowest BCUT2D eigenvalue weighted by Gasteiger charge is -2.13. The monoisotopic (exact) mass is 169 g/mol. The lowest BCUT2D eigenvalue weighted by molar-refractivity contribution is 0.0847. The largest absolute Gasteiger partial charge is 0.388 e. The molecule has 2 atom stereocenters. The summed E-state index contributed by atoms with van der Waals surface area (Å²) in [6.45, 7) is -0.0595. The van der Waals surface area contributed by atoms with Crippen molar-refractivity contribution < 1.29 is 9.50 Å². The molecule has 0 spiro atoms. The van der Waals surface area contributed by atoms with Gasteiger partial charge in [0.1, 0.15) is 6.10 Å². The van der Waals surface area contributed by atoms with E-state index in [1.807, 2.05) is 0 Å². The molecule has 1 aromatic carbocycles. The number of alkyl halides is 1. The van der Waals surface area contributed by atoms with Gasteiger partial charge in [-0.1, -0.05) is 30.3 Å². The van der Waals surface area contributed by atoms with Crippen molar-refractivity contribution in [3.63, 3.8) is 0 Å². The number of aliphatic hydroxyl groups is 1. The van der Waals surface area contributed by atoms with Crippen LogP contribution in [0.25, 0.3) is 0 Å². The second kappa shape index (κ2) is 4.18. The fourth-order valence-corrected chi connectivity index (χ4v) is 0.979. The van der Waals surface area contributed by atoms with Gasteiger partial charge in [0.2, 0.25) is 0 Å². The molecule has 0 amide bonds. The highest BCUT2D eigenvalue weighted by Gasteiger charge is 2.17. The second-order valence-corrected chi connectivity index (χ2v) is 2.62. The molecule has 1 aromatic rings. The Hall–Kier alpha value is -0.930. The zero-order valence-corrected chi connectivity index (χ0v) is 6.65. The van der Waals surface area contributed by atoms with Gasteiger partial charge in [-0.25, -0.2) is 4.39 Å². The number of rotatable bonds is 3. The summed E-state index contributed by atoms with van der Waals surface area (Å²) in [5.74, 6) is 0. The van der Waals surface area contributed by atoms with Crippen molar-refractivity contribution in [2.75, 3.05) is 6.54 Å². The smallest absolute Gasteiger partial charge is 0.152 e. The van der Waals surface area contributed by atoms with Gasteiger partial charge in [-0.05, 0) is 5.56 Å². The first kappa shape index (κ1) is 9.16. The molecule has 0 aromatic heterocycles. The van der Waals surface area contributed by atoms with Gasteiger partial charge in [-0.2, -0.15) is 0 Å².